The molecule has 3 heterocycles. The van der Waals surface area contributed by atoms with Gasteiger partial charge in [-0.15, -0.1) is 5.10 Å². The summed E-state index contributed by atoms with van der Waals surface area (Å²) >= 11 is 0. The number of aromatic nitrogens is 5. The van der Waals surface area contributed by atoms with Gasteiger partial charge in [0.1, 0.15) is 5.69 Å². The van der Waals surface area contributed by atoms with Crippen LogP contribution in [0, 0.1) is 0 Å². The molecular weight excluding hydrogens is 268 g/mol. The fraction of sp³-hybridized carbons (Fsp3) is 0.214. The second-order valence-electron chi connectivity index (χ2n) is 4.99. The molecule has 0 amide bonds. The molecule has 7 nitrogen and oxygen atoms in total. The Morgan fingerprint density at radius 3 is 3.00 bits per heavy atom. The summed E-state index contributed by atoms with van der Waals surface area (Å²) in [6.45, 7) is 0. The predicted octanol–water partition coefficient (Wildman–Crippen LogP) is 1.57. The van der Waals surface area contributed by atoms with E-state index >= 15 is 0 Å². The Balaban J connectivity index is 1.76. The lowest BCUT2D eigenvalue weighted by atomic mass is 10.2. The van der Waals surface area contributed by atoms with Gasteiger partial charge in [-0.2, -0.15) is 9.73 Å². The van der Waals surface area contributed by atoms with Crippen LogP contribution in [0.15, 0.2) is 30.6 Å². The van der Waals surface area contributed by atoms with Gasteiger partial charge in [0.25, 0.3) is 0 Å². The number of nitrogens with one attached hydrogen (secondary N) is 1. The molecule has 1 aliphatic rings. The second kappa shape index (κ2) is 4.62. The van der Waals surface area contributed by atoms with Crippen LogP contribution in [0.2, 0.25) is 0 Å². The summed E-state index contributed by atoms with van der Waals surface area (Å²) in [5.41, 5.74) is 2.79. The van der Waals surface area contributed by atoms with E-state index in [0.29, 0.717) is 24.0 Å². The van der Waals surface area contributed by atoms with Crippen molar-refractivity contribution in [1.82, 2.24) is 24.8 Å². The van der Waals surface area contributed by atoms with Crippen LogP contribution in [-0.4, -0.2) is 37.1 Å². The van der Waals surface area contributed by atoms with Crippen LogP contribution in [0.5, 0.6) is 0 Å². The molecule has 0 atom stereocenters. The molecule has 0 spiro atoms. The van der Waals surface area contributed by atoms with E-state index in [2.05, 4.69) is 25.5 Å². The van der Waals surface area contributed by atoms with Crippen molar-refractivity contribution in [3.8, 4) is 11.3 Å². The van der Waals surface area contributed by atoms with E-state index in [-0.39, 0.29) is 0 Å². The molecular formula is C14H12N6O. The highest BCUT2D eigenvalue weighted by molar-refractivity contribution is 5.79. The van der Waals surface area contributed by atoms with Crippen molar-refractivity contribution < 1.29 is 4.79 Å². The molecule has 0 aliphatic heterocycles. The van der Waals surface area contributed by atoms with Crippen molar-refractivity contribution in [1.29, 1.82) is 0 Å². The molecule has 104 valence electrons. The zero-order valence-electron chi connectivity index (χ0n) is 11.1. The number of carbonyl (C=O) groups excluding carboxylic acids is 1. The lowest BCUT2D eigenvalue weighted by Crippen LogP contribution is -2.05. The Morgan fingerprint density at radius 1 is 1.29 bits per heavy atom. The van der Waals surface area contributed by atoms with Gasteiger partial charge in [0, 0.05) is 17.8 Å². The van der Waals surface area contributed by atoms with E-state index in [4.69, 9.17) is 0 Å². The molecule has 1 fully saturated rings. The number of rotatable bonds is 4. The Kier molecular flexibility index (Phi) is 2.63. The Hall–Kier alpha value is -2.83. The van der Waals surface area contributed by atoms with Gasteiger partial charge in [0.15, 0.2) is 6.29 Å². The molecule has 0 unspecified atom stereocenters. The fourth-order valence-corrected chi connectivity index (χ4v) is 2.14. The van der Waals surface area contributed by atoms with Gasteiger partial charge < -0.3 is 5.32 Å². The van der Waals surface area contributed by atoms with Gasteiger partial charge in [-0.1, -0.05) is 0 Å². The summed E-state index contributed by atoms with van der Waals surface area (Å²) in [4.78, 5) is 19.5. The SMILES string of the molecule is O=Cc1ccc2c(-c3ccnc(NC4CC4)n3)cnn2n1. The first kappa shape index (κ1) is 12.0. The Morgan fingerprint density at radius 2 is 2.19 bits per heavy atom. The number of fused-ring (bicyclic) bond motifs is 1. The highest BCUT2D eigenvalue weighted by Gasteiger charge is 2.22. The van der Waals surface area contributed by atoms with Crippen molar-refractivity contribution in [3.05, 3.63) is 36.3 Å². The molecule has 0 aromatic carbocycles. The van der Waals surface area contributed by atoms with Gasteiger partial charge >= 0.3 is 0 Å². The minimum atomic E-state index is 0.343. The number of hydrogen-bond acceptors (Lipinski definition) is 6. The second-order valence-corrected chi connectivity index (χ2v) is 4.99. The lowest BCUT2D eigenvalue weighted by molar-refractivity contribution is 0.111. The minimum absolute atomic E-state index is 0.343. The molecule has 3 aromatic heterocycles. The maximum Gasteiger partial charge on any atom is 0.223 e. The quantitative estimate of drug-likeness (QED) is 0.730. The monoisotopic (exact) mass is 280 g/mol. The average molecular weight is 280 g/mol. The summed E-state index contributed by atoms with van der Waals surface area (Å²) < 4.78 is 1.44. The molecule has 7 heteroatoms. The van der Waals surface area contributed by atoms with Crippen LogP contribution in [0.4, 0.5) is 5.95 Å². The summed E-state index contributed by atoms with van der Waals surface area (Å²) in [6, 6.07) is 5.82. The number of aldehydes is 1. The van der Waals surface area contributed by atoms with E-state index in [1.54, 1.807) is 18.5 Å². The van der Waals surface area contributed by atoms with Crippen molar-refractivity contribution in [2.75, 3.05) is 5.32 Å². The first-order valence-electron chi connectivity index (χ1n) is 6.74. The van der Waals surface area contributed by atoms with E-state index in [1.807, 2.05) is 12.1 Å². The first-order chi connectivity index (χ1) is 10.3. The predicted molar refractivity (Wildman–Crippen MR) is 76.0 cm³/mol. The molecule has 1 saturated carbocycles. The van der Waals surface area contributed by atoms with Crippen LogP contribution in [0.25, 0.3) is 16.8 Å². The van der Waals surface area contributed by atoms with Crippen LogP contribution in [0.1, 0.15) is 23.3 Å². The van der Waals surface area contributed by atoms with Gasteiger partial charge in [-0.05, 0) is 31.0 Å². The highest BCUT2D eigenvalue weighted by atomic mass is 16.1. The van der Waals surface area contributed by atoms with Crippen LogP contribution >= 0.6 is 0 Å². The summed E-state index contributed by atoms with van der Waals surface area (Å²) in [6.07, 6.45) is 6.46. The van der Waals surface area contributed by atoms with E-state index in [0.717, 1.165) is 16.8 Å². The van der Waals surface area contributed by atoms with Crippen molar-refractivity contribution in [2.24, 2.45) is 0 Å². The van der Waals surface area contributed by atoms with Gasteiger partial charge in [0.05, 0.1) is 17.4 Å². The van der Waals surface area contributed by atoms with E-state index in [9.17, 15) is 4.79 Å². The maximum absolute atomic E-state index is 10.7. The van der Waals surface area contributed by atoms with Crippen LogP contribution < -0.4 is 5.32 Å². The van der Waals surface area contributed by atoms with Crippen molar-refractivity contribution in [2.45, 2.75) is 18.9 Å². The summed E-state index contributed by atoms with van der Waals surface area (Å²) in [5, 5.41) is 11.5. The summed E-state index contributed by atoms with van der Waals surface area (Å²) in [5.74, 6) is 0.631. The molecule has 4 rings (SSSR count). The Labute approximate surface area is 120 Å². The van der Waals surface area contributed by atoms with Crippen molar-refractivity contribution in [3.63, 3.8) is 0 Å². The zero-order chi connectivity index (χ0) is 14.2. The van der Waals surface area contributed by atoms with E-state index < -0.39 is 0 Å². The highest BCUT2D eigenvalue weighted by Crippen LogP contribution is 2.25. The number of hydrogen-bond donors (Lipinski definition) is 1. The molecule has 3 aromatic rings. The number of nitrogens with zero attached hydrogens (tertiary/aromatic N) is 5. The molecule has 0 bridgehead atoms. The van der Waals surface area contributed by atoms with Crippen LogP contribution in [0.3, 0.4) is 0 Å². The molecule has 21 heavy (non-hydrogen) atoms. The number of anilines is 1. The first-order valence-corrected chi connectivity index (χ1v) is 6.74. The topological polar surface area (TPSA) is 85.1 Å². The molecule has 1 aliphatic carbocycles. The minimum Gasteiger partial charge on any atom is -0.351 e. The molecule has 1 N–H and O–H groups in total. The van der Waals surface area contributed by atoms with Gasteiger partial charge in [-0.3, -0.25) is 4.79 Å². The summed E-state index contributed by atoms with van der Waals surface area (Å²) in [7, 11) is 0. The zero-order valence-corrected chi connectivity index (χ0v) is 11.1. The maximum atomic E-state index is 10.7. The third-order valence-corrected chi connectivity index (χ3v) is 3.37. The van der Waals surface area contributed by atoms with Gasteiger partial charge in [-0.25, -0.2) is 9.97 Å². The van der Waals surface area contributed by atoms with Crippen LogP contribution in [-0.2, 0) is 0 Å². The van der Waals surface area contributed by atoms with Crippen molar-refractivity contribution >= 4 is 17.8 Å². The van der Waals surface area contributed by atoms with Gasteiger partial charge in [0.2, 0.25) is 5.95 Å². The normalized spacial score (nSPS) is 14.3. The smallest absolute Gasteiger partial charge is 0.223 e. The third kappa shape index (κ3) is 2.22. The average Bonchev–Trinajstić information content (AvgIpc) is 3.23. The molecule has 0 radical (unpaired) electrons. The number of carbonyl (C=O) groups is 1. The third-order valence-electron chi connectivity index (χ3n) is 3.37. The fourth-order valence-electron chi connectivity index (χ4n) is 2.14. The van der Waals surface area contributed by atoms with E-state index in [1.165, 1.54) is 17.5 Å². The Bertz CT molecular complexity index is 823. The lowest BCUT2D eigenvalue weighted by Gasteiger charge is -2.04. The molecule has 0 saturated heterocycles. The standard InChI is InChI=1S/C14H12N6O/c21-8-10-3-4-13-11(7-16-20(13)19-10)12-5-6-15-14(18-12)17-9-1-2-9/h3-9H,1-2H2,(H,15,17,18). The largest absolute Gasteiger partial charge is 0.351 e.